The third-order valence-electron chi connectivity index (χ3n) is 3.10. The molecule has 23 heavy (non-hydrogen) atoms. The van der Waals surface area contributed by atoms with E-state index in [1.165, 1.54) is 22.7 Å². The average Bonchev–Trinajstić information content (AvgIpc) is 3.07. The topological polar surface area (TPSA) is 37.8 Å². The maximum Gasteiger partial charge on any atom is 0.203 e. The van der Waals surface area contributed by atoms with Crippen molar-refractivity contribution in [2.45, 2.75) is 10.9 Å². The Hall–Kier alpha value is -2.11. The maximum atomic E-state index is 4.50. The Labute approximate surface area is 144 Å². The van der Waals surface area contributed by atoms with E-state index >= 15 is 0 Å². The number of rotatable bonds is 7. The Morgan fingerprint density at radius 3 is 2.52 bits per heavy atom. The molecule has 0 spiro atoms. The summed E-state index contributed by atoms with van der Waals surface area (Å²) in [6, 6.07) is 20.6. The zero-order chi connectivity index (χ0) is 15.7. The highest BCUT2D eigenvalue weighted by atomic mass is 32.2. The van der Waals surface area contributed by atoms with Gasteiger partial charge in [0, 0.05) is 23.8 Å². The summed E-state index contributed by atoms with van der Waals surface area (Å²) < 4.78 is 4.38. The van der Waals surface area contributed by atoms with Gasteiger partial charge in [-0.2, -0.15) is 9.36 Å². The van der Waals surface area contributed by atoms with Crippen molar-refractivity contribution in [3.63, 3.8) is 0 Å². The van der Waals surface area contributed by atoms with E-state index in [1.54, 1.807) is 11.8 Å². The van der Waals surface area contributed by atoms with Crippen LogP contribution in [-0.2, 0) is 5.75 Å². The van der Waals surface area contributed by atoms with Crippen LogP contribution in [0, 0.1) is 0 Å². The van der Waals surface area contributed by atoms with Gasteiger partial charge >= 0.3 is 0 Å². The van der Waals surface area contributed by atoms with Crippen molar-refractivity contribution >= 4 is 34.5 Å². The highest BCUT2D eigenvalue weighted by Gasteiger charge is 2.04. The van der Waals surface area contributed by atoms with Crippen molar-refractivity contribution in [2.24, 2.45) is 0 Å². The van der Waals surface area contributed by atoms with Crippen molar-refractivity contribution < 1.29 is 0 Å². The lowest BCUT2D eigenvalue weighted by Crippen LogP contribution is -1.97. The number of aromatic nitrogens is 2. The van der Waals surface area contributed by atoms with Crippen molar-refractivity contribution in [3.8, 4) is 0 Å². The Balaban J connectivity index is 1.45. The molecule has 0 atom stereocenters. The Bertz CT molecular complexity index is 739. The summed E-state index contributed by atoms with van der Waals surface area (Å²) in [5.41, 5.74) is 2.48. The molecule has 0 aliphatic rings. The van der Waals surface area contributed by atoms with Gasteiger partial charge in [0.25, 0.3) is 0 Å². The average molecular weight is 339 g/mol. The summed E-state index contributed by atoms with van der Waals surface area (Å²) in [6.07, 6.45) is 4.19. The van der Waals surface area contributed by atoms with Gasteiger partial charge in [0.2, 0.25) is 10.3 Å². The van der Waals surface area contributed by atoms with Crippen LogP contribution in [0.15, 0.2) is 71.9 Å². The first kappa shape index (κ1) is 15.8. The SMILES string of the molecule is C(=C\c1ccccc1)/CNc1nc(SCc2ccccc2)ns1. The summed E-state index contributed by atoms with van der Waals surface area (Å²) in [4.78, 5) is 4.50. The molecule has 0 aliphatic carbocycles. The number of nitrogens with one attached hydrogen (secondary N) is 1. The molecule has 0 bridgehead atoms. The molecule has 1 N–H and O–H groups in total. The fourth-order valence-corrected chi connectivity index (χ4v) is 3.47. The second-order valence-corrected chi connectivity index (χ2v) is 6.54. The lowest BCUT2D eigenvalue weighted by Gasteiger charge is -1.97. The van der Waals surface area contributed by atoms with Gasteiger partial charge < -0.3 is 5.32 Å². The van der Waals surface area contributed by atoms with Crippen molar-refractivity contribution in [1.29, 1.82) is 0 Å². The second kappa shape index (κ2) is 8.50. The lowest BCUT2D eigenvalue weighted by atomic mass is 10.2. The number of benzene rings is 2. The number of hydrogen-bond acceptors (Lipinski definition) is 5. The van der Waals surface area contributed by atoms with Gasteiger partial charge in [-0.15, -0.1) is 0 Å². The fraction of sp³-hybridized carbons (Fsp3) is 0.111. The van der Waals surface area contributed by atoms with Crippen LogP contribution in [0.3, 0.4) is 0 Å². The molecule has 3 nitrogen and oxygen atoms in total. The molecule has 1 aromatic heterocycles. The van der Waals surface area contributed by atoms with Gasteiger partial charge in [0.05, 0.1) is 0 Å². The molecule has 3 rings (SSSR count). The fourth-order valence-electron chi connectivity index (χ4n) is 1.97. The van der Waals surface area contributed by atoms with Crippen LogP contribution in [-0.4, -0.2) is 15.9 Å². The summed E-state index contributed by atoms with van der Waals surface area (Å²) in [5, 5.41) is 4.96. The Morgan fingerprint density at radius 2 is 1.74 bits per heavy atom. The molecular formula is C18H17N3S2. The molecule has 1 heterocycles. The second-order valence-electron chi connectivity index (χ2n) is 4.85. The maximum absolute atomic E-state index is 4.50. The van der Waals surface area contributed by atoms with Gasteiger partial charge in [0.15, 0.2) is 0 Å². The van der Waals surface area contributed by atoms with E-state index in [-0.39, 0.29) is 0 Å². The predicted octanol–water partition coefficient (Wildman–Crippen LogP) is 4.96. The number of nitrogens with zero attached hydrogens (tertiary/aromatic N) is 2. The number of thioether (sulfide) groups is 1. The summed E-state index contributed by atoms with van der Waals surface area (Å²) in [6.45, 7) is 0.743. The van der Waals surface area contributed by atoms with E-state index in [2.05, 4.69) is 63.2 Å². The van der Waals surface area contributed by atoms with Crippen LogP contribution < -0.4 is 5.32 Å². The van der Waals surface area contributed by atoms with E-state index in [0.29, 0.717) is 0 Å². The summed E-state index contributed by atoms with van der Waals surface area (Å²) in [5.74, 6) is 0.894. The predicted molar refractivity (Wildman–Crippen MR) is 99.9 cm³/mol. The van der Waals surface area contributed by atoms with Gasteiger partial charge in [-0.3, -0.25) is 0 Å². The highest BCUT2D eigenvalue weighted by Crippen LogP contribution is 2.23. The zero-order valence-corrected chi connectivity index (χ0v) is 14.2. The monoisotopic (exact) mass is 339 g/mol. The van der Waals surface area contributed by atoms with Crippen LogP contribution in [0.2, 0.25) is 0 Å². The van der Waals surface area contributed by atoms with Gasteiger partial charge in [0.1, 0.15) is 0 Å². The van der Waals surface area contributed by atoms with Crippen LogP contribution in [0.4, 0.5) is 5.13 Å². The summed E-state index contributed by atoms with van der Waals surface area (Å²) in [7, 11) is 0. The van der Waals surface area contributed by atoms with Gasteiger partial charge in [-0.1, -0.05) is 84.6 Å². The minimum Gasteiger partial charge on any atom is -0.357 e. The van der Waals surface area contributed by atoms with E-state index in [1.807, 2.05) is 24.3 Å². The van der Waals surface area contributed by atoms with Crippen molar-refractivity contribution in [2.75, 3.05) is 11.9 Å². The van der Waals surface area contributed by atoms with E-state index < -0.39 is 0 Å². The molecule has 0 radical (unpaired) electrons. The van der Waals surface area contributed by atoms with E-state index in [0.717, 1.165) is 22.6 Å². The third kappa shape index (κ3) is 5.23. The molecule has 0 aliphatic heterocycles. The first-order chi connectivity index (χ1) is 11.4. The standard InChI is InChI=1S/C18H17N3S2/c1-3-8-15(9-4-1)12-7-13-19-17-20-18(21-23-17)22-14-16-10-5-2-6-11-16/h1-12H,13-14H2,(H,19,20,21)/b12-7+. The van der Waals surface area contributed by atoms with Crippen LogP contribution in [0.5, 0.6) is 0 Å². The Kier molecular flexibility index (Phi) is 5.83. The molecule has 0 amide bonds. The minimum atomic E-state index is 0.743. The first-order valence-electron chi connectivity index (χ1n) is 7.36. The van der Waals surface area contributed by atoms with Crippen LogP contribution in [0.25, 0.3) is 6.08 Å². The molecule has 3 aromatic rings. The normalized spacial score (nSPS) is 11.0. The quantitative estimate of drug-likeness (QED) is 0.618. The third-order valence-corrected chi connectivity index (χ3v) is 4.81. The molecule has 0 saturated heterocycles. The molecule has 116 valence electrons. The van der Waals surface area contributed by atoms with Gasteiger partial charge in [-0.05, 0) is 11.1 Å². The van der Waals surface area contributed by atoms with Gasteiger partial charge in [-0.25, -0.2) is 0 Å². The highest BCUT2D eigenvalue weighted by molar-refractivity contribution is 7.98. The smallest absolute Gasteiger partial charge is 0.203 e. The van der Waals surface area contributed by atoms with Crippen molar-refractivity contribution in [1.82, 2.24) is 9.36 Å². The van der Waals surface area contributed by atoms with Crippen LogP contribution in [0.1, 0.15) is 11.1 Å². The Morgan fingerprint density at radius 1 is 1.00 bits per heavy atom. The minimum absolute atomic E-state index is 0.743. The molecule has 0 fully saturated rings. The molecular weight excluding hydrogens is 322 g/mol. The zero-order valence-electron chi connectivity index (χ0n) is 12.6. The van der Waals surface area contributed by atoms with Crippen LogP contribution >= 0.6 is 23.3 Å². The van der Waals surface area contributed by atoms with Crippen molar-refractivity contribution in [3.05, 3.63) is 77.9 Å². The molecule has 0 unspecified atom stereocenters. The number of anilines is 1. The van der Waals surface area contributed by atoms with E-state index in [9.17, 15) is 0 Å². The van der Waals surface area contributed by atoms with E-state index in [4.69, 9.17) is 0 Å². The molecule has 5 heteroatoms. The largest absolute Gasteiger partial charge is 0.357 e. The lowest BCUT2D eigenvalue weighted by molar-refractivity contribution is 1.07. The number of hydrogen-bond donors (Lipinski definition) is 1. The summed E-state index contributed by atoms with van der Waals surface area (Å²) >= 11 is 3.06. The molecule has 2 aromatic carbocycles. The molecule has 0 saturated carbocycles. The first-order valence-corrected chi connectivity index (χ1v) is 9.12.